The van der Waals surface area contributed by atoms with Crippen LogP contribution in [-0.4, -0.2) is 32.2 Å². The molecule has 0 aliphatic carbocycles. The van der Waals surface area contributed by atoms with E-state index >= 15 is 0 Å². The normalized spacial score (nSPS) is 15.2. The summed E-state index contributed by atoms with van der Waals surface area (Å²) in [5.74, 6) is 0. The van der Waals surface area contributed by atoms with Crippen LogP contribution in [0.5, 0.6) is 0 Å². The molecule has 0 aromatic heterocycles. The summed E-state index contributed by atoms with van der Waals surface area (Å²) >= 11 is -0.688. The van der Waals surface area contributed by atoms with Gasteiger partial charge in [0.15, 0.2) is 0 Å². The zero-order chi connectivity index (χ0) is 11.1. The van der Waals surface area contributed by atoms with Crippen LogP contribution in [0.1, 0.15) is 0 Å². The van der Waals surface area contributed by atoms with Crippen molar-refractivity contribution >= 4 is 32.2 Å². The Kier molecular flexibility index (Phi) is 4.35. The van der Waals surface area contributed by atoms with Gasteiger partial charge in [-0.3, -0.25) is 0 Å². The van der Waals surface area contributed by atoms with Crippen LogP contribution in [0.2, 0.25) is 58.9 Å². The fraction of sp³-hybridized carbons (Fsp3) is 1.00. The van der Waals surface area contributed by atoms with Crippen LogP contribution in [0.3, 0.4) is 0 Å². The van der Waals surface area contributed by atoms with E-state index in [9.17, 15) is 0 Å². The molecule has 0 amide bonds. The van der Waals surface area contributed by atoms with Crippen molar-refractivity contribution in [2.24, 2.45) is 0 Å². The third kappa shape index (κ3) is 4.49. The molecular formula is C9H27GeSi3-. The Balaban J connectivity index is 5.02. The SMILES string of the molecule is C[Si](C)(C)[Ge-]([Si](C)(C)C)[Si](C)(C)C. The molecule has 0 nitrogen and oxygen atoms in total. The Morgan fingerprint density at radius 3 is 0.615 bits per heavy atom. The van der Waals surface area contributed by atoms with Crippen LogP contribution in [0.15, 0.2) is 0 Å². The number of hydrogen-bond donors (Lipinski definition) is 0. The molecule has 0 N–H and O–H groups in total. The van der Waals surface area contributed by atoms with Gasteiger partial charge in [-0.2, -0.15) is 0 Å². The second-order valence-electron chi connectivity index (χ2n) is 7.12. The number of rotatable bonds is 3. The van der Waals surface area contributed by atoms with Gasteiger partial charge in [0.1, 0.15) is 0 Å². The van der Waals surface area contributed by atoms with Gasteiger partial charge in [-0.05, 0) is 0 Å². The Morgan fingerprint density at radius 2 is 0.615 bits per heavy atom. The van der Waals surface area contributed by atoms with E-state index in [1.807, 2.05) is 0 Å². The predicted octanol–water partition coefficient (Wildman–Crippen LogP) is 3.73. The Morgan fingerprint density at radius 1 is 0.462 bits per heavy atom. The van der Waals surface area contributed by atoms with Gasteiger partial charge in [0.05, 0.1) is 0 Å². The van der Waals surface area contributed by atoms with Crippen LogP contribution in [-0.2, 0) is 0 Å². The average Bonchev–Trinajstić information content (AvgIpc) is 1.44. The van der Waals surface area contributed by atoms with Crippen LogP contribution >= 0.6 is 0 Å². The Bertz CT molecular complexity index is 137. The van der Waals surface area contributed by atoms with Crippen LogP contribution < -0.4 is 0 Å². The first-order chi connectivity index (χ1) is 5.37. The third-order valence-corrected chi connectivity index (χ3v) is 105. The van der Waals surface area contributed by atoms with Crippen molar-refractivity contribution in [3.63, 3.8) is 0 Å². The van der Waals surface area contributed by atoms with Crippen molar-refractivity contribution in [1.82, 2.24) is 0 Å². The van der Waals surface area contributed by atoms with Gasteiger partial charge < -0.3 is 0 Å². The molecular weight excluding hydrogens is 265 g/mol. The molecule has 0 heterocycles. The molecule has 0 aliphatic heterocycles. The molecule has 0 spiro atoms. The molecule has 0 atom stereocenters. The van der Waals surface area contributed by atoms with Gasteiger partial charge in [-0.1, -0.05) is 0 Å². The van der Waals surface area contributed by atoms with Gasteiger partial charge in [0, 0.05) is 0 Å². The van der Waals surface area contributed by atoms with Crippen molar-refractivity contribution in [3.05, 3.63) is 0 Å². The minimum atomic E-state index is -0.767. The molecule has 13 heavy (non-hydrogen) atoms. The first-order valence-electron chi connectivity index (χ1n) is 5.25. The van der Waals surface area contributed by atoms with Crippen LogP contribution in [0.25, 0.3) is 0 Å². The summed E-state index contributed by atoms with van der Waals surface area (Å²) in [5, 5.41) is 0. The summed E-state index contributed by atoms with van der Waals surface area (Å²) in [6.07, 6.45) is 0. The maximum atomic E-state index is 2.64. The molecule has 0 bridgehead atoms. The molecule has 0 unspecified atom stereocenters. The summed E-state index contributed by atoms with van der Waals surface area (Å²) in [7, 11) is 0. The van der Waals surface area contributed by atoms with E-state index < -0.39 is 32.2 Å². The van der Waals surface area contributed by atoms with Crippen molar-refractivity contribution in [2.75, 3.05) is 0 Å². The predicted molar refractivity (Wildman–Crippen MR) is 75.8 cm³/mol. The zero-order valence-electron chi connectivity index (χ0n) is 11.0. The Hall–Kier alpha value is 1.19. The molecule has 0 rings (SSSR count). The van der Waals surface area contributed by atoms with E-state index in [-0.39, 0.29) is 0 Å². The topological polar surface area (TPSA) is 0 Å². The van der Waals surface area contributed by atoms with Crippen molar-refractivity contribution in [2.45, 2.75) is 58.9 Å². The van der Waals surface area contributed by atoms with Crippen molar-refractivity contribution in [1.29, 1.82) is 0 Å². The van der Waals surface area contributed by atoms with Gasteiger partial charge in [-0.25, -0.2) is 0 Å². The summed E-state index contributed by atoms with van der Waals surface area (Å²) in [5.41, 5.74) is 0. The molecule has 0 saturated heterocycles. The van der Waals surface area contributed by atoms with E-state index in [1.54, 1.807) is 0 Å². The zero-order valence-corrected chi connectivity index (χ0v) is 16.1. The van der Waals surface area contributed by atoms with E-state index in [0.717, 1.165) is 0 Å². The van der Waals surface area contributed by atoms with Gasteiger partial charge in [-0.15, -0.1) is 0 Å². The quantitative estimate of drug-likeness (QED) is 0.695. The molecule has 0 saturated carbocycles. The third-order valence-electron chi connectivity index (χ3n) is 2.25. The Labute approximate surface area is 90.9 Å². The fourth-order valence-corrected chi connectivity index (χ4v) is 158. The molecule has 80 valence electrons. The average molecular weight is 292 g/mol. The standard InChI is InChI=1S/C9H27GeSi3/c1-11(2,3)10(12(4,5)6)13(7,8)9/h1-9H3/q-1. The molecule has 0 radical (unpaired) electrons. The summed E-state index contributed by atoms with van der Waals surface area (Å²) in [4.78, 5) is 0. The van der Waals surface area contributed by atoms with Gasteiger partial charge >= 0.3 is 91.1 Å². The minimum absolute atomic E-state index is 0.688. The van der Waals surface area contributed by atoms with Gasteiger partial charge in [0.2, 0.25) is 0 Å². The van der Waals surface area contributed by atoms with E-state index in [4.69, 9.17) is 0 Å². The first kappa shape index (κ1) is 14.2. The second-order valence-corrected chi connectivity index (χ2v) is 66.1. The van der Waals surface area contributed by atoms with Crippen LogP contribution in [0.4, 0.5) is 0 Å². The monoisotopic (exact) mass is 293 g/mol. The second kappa shape index (κ2) is 3.98. The van der Waals surface area contributed by atoms with E-state index in [2.05, 4.69) is 58.9 Å². The summed E-state index contributed by atoms with van der Waals surface area (Å²) < 4.78 is 0. The van der Waals surface area contributed by atoms with Crippen LogP contribution in [0, 0.1) is 0 Å². The van der Waals surface area contributed by atoms with E-state index in [1.165, 1.54) is 0 Å². The van der Waals surface area contributed by atoms with E-state index in [0.29, 0.717) is 0 Å². The van der Waals surface area contributed by atoms with Gasteiger partial charge in [0.25, 0.3) is 0 Å². The summed E-state index contributed by atoms with van der Waals surface area (Å²) in [6.45, 7) is 21.4. The maximum absolute atomic E-state index is 2.64. The fourth-order valence-electron chi connectivity index (χ4n) is 3.38. The molecule has 0 aromatic carbocycles. The molecule has 0 aromatic rings. The molecule has 0 fully saturated rings. The number of hydrogen-bond acceptors (Lipinski definition) is 0. The first-order valence-corrected chi connectivity index (χ1v) is 25.2. The molecule has 4 heteroatoms. The molecule has 0 aliphatic rings. The van der Waals surface area contributed by atoms with Crippen molar-refractivity contribution < 1.29 is 0 Å². The van der Waals surface area contributed by atoms with Crippen molar-refractivity contribution in [3.8, 4) is 0 Å². The summed E-state index contributed by atoms with van der Waals surface area (Å²) in [6, 6.07) is 0.